The molecular formula is C28H16Cl2N6O6Re2. The van der Waals surface area contributed by atoms with Crippen LogP contribution in [0.3, 0.4) is 0 Å². The molecule has 0 unspecified atom stereocenters. The molecule has 2 heterocycles. The van der Waals surface area contributed by atoms with Crippen LogP contribution in [0.2, 0.25) is 10.0 Å². The van der Waals surface area contributed by atoms with E-state index in [0.29, 0.717) is 33.1 Å². The van der Waals surface area contributed by atoms with Crippen LogP contribution in [0, 0.1) is 39.9 Å². The SMILES string of the molecule is Clc1ccccc1N=Nc1ccccn1.Clc1ccccc1N=Nc1ccccn1.[C-]#[O+].[C-]#[O+].[C-]#[O+].[C-]#[O+].[C-]#[O+].[C-]#[O+].[Re].[Re]. The fourth-order valence-electron chi connectivity index (χ4n) is 2.10. The van der Waals surface area contributed by atoms with Crippen molar-refractivity contribution in [2.45, 2.75) is 0 Å². The number of rotatable bonds is 4. The fraction of sp³-hybridized carbons (Fsp3) is 0. The Kier molecular flexibility index (Phi) is 52.6. The topological polar surface area (TPSA) is 195 Å². The van der Waals surface area contributed by atoms with Gasteiger partial charge in [0, 0.05) is 53.2 Å². The van der Waals surface area contributed by atoms with Crippen LogP contribution in [-0.4, -0.2) is 9.97 Å². The molecule has 2 radical (unpaired) electrons. The number of hydrogen-bond acceptors (Lipinski definition) is 6. The van der Waals surface area contributed by atoms with Gasteiger partial charge in [-0.2, -0.15) is 0 Å². The first-order valence-corrected chi connectivity index (χ1v) is 10.8. The first-order chi connectivity index (χ1) is 20.7. The second-order valence-electron chi connectivity index (χ2n) is 5.68. The van der Waals surface area contributed by atoms with E-state index < -0.39 is 0 Å². The summed E-state index contributed by atoms with van der Waals surface area (Å²) in [6.07, 6.45) is 3.34. The summed E-state index contributed by atoms with van der Waals surface area (Å²) >= 11 is 11.8. The normalized spacial score (nSPS) is 7.59. The molecule has 0 atom stereocenters. The van der Waals surface area contributed by atoms with Gasteiger partial charge in [-0.1, -0.05) is 59.6 Å². The van der Waals surface area contributed by atoms with Crippen LogP contribution in [0.5, 0.6) is 0 Å². The van der Waals surface area contributed by atoms with Gasteiger partial charge < -0.3 is 0 Å². The fourth-order valence-corrected chi connectivity index (χ4v) is 2.45. The van der Waals surface area contributed by atoms with E-state index in [9.17, 15) is 0 Å². The van der Waals surface area contributed by atoms with E-state index >= 15 is 0 Å². The minimum Gasteiger partial charge on any atom is 0 e. The summed E-state index contributed by atoms with van der Waals surface area (Å²) in [6, 6.07) is 25.5. The van der Waals surface area contributed by atoms with Crippen molar-refractivity contribution in [1.29, 1.82) is 0 Å². The predicted molar refractivity (Wildman–Crippen MR) is 143 cm³/mol. The summed E-state index contributed by atoms with van der Waals surface area (Å²) in [5, 5.41) is 17.1. The van der Waals surface area contributed by atoms with Crippen molar-refractivity contribution in [1.82, 2.24) is 9.97 Å². The third-order valence-corrected chi connectivity index (χ3v) is 4.16. The Labute approximate surface area is 291 Å². The van der Waals surface area contributed by atoms with Crippen molar-refractivity contribution < 1.29 is 68.8 Å². The number of benzene rings is 2. The molecule has 0 saturated carbocycles. The third-order valence-electron chi connectivity index (χ3n) is 3.52. The zero-order valence-corrected chi connectivity index (χ0v) is 28.8. The van der Waals surface area contributed by atoms with Crippen molar-refractivity contribution >= 4 is 46.2 Å². The molecule has 0 aliphatic carbocycles. The summed E-state index contributed by atoms with van der Waals surface area (Å²) in [6.45, 7) is 27.0. The Morgan fingerprint density at radius 2 is 0.682 bits per heavy atom. The van der Waals surface area contributed by atoms with Crippen LogP contribution in [-0.2, 0) is 68.8 Å². The summed E-state index contributed by atoms with van der Waals surface area (Å²) in [5.41, 5.74) is 1.29. The zero-order valence-electron chi connectivity index (χ0n) is 21.9. The van der Waals surface area contributed by atoms with Crippen LogP contribution >= 0.6 is 23.2 Å². The summed E-state index contributed by atoms with van der Waals surface area (Å²) in [4.78, 5) is 8.04. The van der Waals surface area contributed by atoms with Crippen LogP contribution < -0.4 is 0 Å². The molecule has 4 rings (SSSR count). The van der Waals surface area contributed by atoms with Crippen molar-refractivity contribution in [3.8, 4) is 0 Å². The van der Waals surface area contributed by atoms with Crippen LogP contribution in [0.25, 0.3) is 0 Å². The van der Waals surface area contributed by atoms with Gasteiger partial charge in [-0.15, -0.1) is 20.5 Å². The molecule has 0 amide bonds. The molecule has 16 heteroatoms. The Hall–Kier alpha value is -3.72. The van der Waals surface area contributed by atoms with Crippen molar-refractivity contribution in [2.24, 2.45) is 20.5 Å². The number of halogens is 2. The third kappa shape index (κ3) is 27.1. The maximum Gasteiger partial charge on any atom is 0 e. The average molecular weight is 976 g/mol. The minimum atomic E-state index is 0. The minimum absolute atomic E-state index is 0. The van der Waals surface area contributed by atoms with E-state index in [1.54, 1.807) is 48.8 Å². The second kappa shape index (κ2) is 43.7. The number of nitrogens with zero attached hydrogens (tertiary/aromatic N) is 6. The molecule has 2 aromatic heterocycles. The maximum atomic E-state index is 7.50. The van der Waals surface area contributed by atoms with Gasteiger partial charge in [0.05, 0.1) is 10.0 Å². The van der Waals surface area contributed by atoms with Gasteiger partial charge in [0.1, 0.15) is 11.4 Å². The summed E-state index contributed by atoms with van der Waals surface area (Å²) < 4.78 is 45.0. The number of azo groups is 2. The predicted octanol–water partition coefficient (Wildman–Crippen LogP) is 8.07. The van der Waals surface area contributed by atoms with Gasteiger partial charge in [0.25, 0.3) is 0 Å². The molecule has 0 bridgehead atoms. The van der Waals surface area contributed by atoms with Crippen molar-refractivity contribution in [3.63, 3.8) is 0 Å². The molecule has 44 heavy (non-hydrogen) atoms. The molecule has 4 aromatic rings. The number of pyridine rings is 2. The van der Waals surface area contributed by atoms with Crippen molar-refractivity contribution in [2.75, 3.05) is 0 Å². The summed E-state index contributed by atoms with van der Waals surface area (Å²) in [5.74, 6) is 1.13. The van der Waals surface area contributed by atoms with Gasteiger partial charge in [-0.3, -0.25) is 0 Å². The van der Waals surface area contributed by atoms with E-state index in [-0.39, 0.29) is 40.8 Å². The van der Waals surface area contributed by atoms with E-state index in [1.807, 2.05) is 48.5 Å². The Bertz CT molecular complexity index is 1280. The molecule has 0 fully saturated rings. The van der Waals surface area contributed by atoms with Crippen molar-refractivity contribution in [3.05, 3.63) is 147 Å². The van der Waals surface area contributed by atoms with Crippen LogP contribution in [0.4, 0.5) is 23.0 Å². The molecule has 12 nitrogen and oxygen atoms in total. The molecule has 0 aliphatic heterocycles. The number of hydrogen-bond donors (Lipinski definition) is 0. The van der Waals surface area contributed by atoms with Gasteiger partial charge >= 0.3 is 67.8 Å². The van der Waals surface area contributed by atoms with Crippen LogP contribution in [0.15, 0.2) is 118 Å². The van der Waals surface area contributed by atoms with E-state index in [2.05, 4.69) is 70.3 Å². The Balaban J connectivity index is -0.000000118. The standard InChI is InChI=1S/2C11H8ClN3.6CO.2Re/c2*12-9-5-1-2-6-10(9)14-15-11-7-3-4-8-13-11;6*1-2;;/h2*1-8H;;;;;;;;. The Morgan fingerprint density at radius 1 is 0.409 bits per heavy atom. The quantitative estimate of drug-likeness (QED) is 0.114. The maximum absolute atomic E-state index is 7.50. The molecule has 0 aliphatic rings. The first kappa shape index (κ1) is 52.9. The van der Waals surface area contributed by atoms with Gasteiger partial charge in [0.2, 0.25) is 0 Å². The number of aromatic nitrogens is 2. The van der Waals surface area contributed by atoms with Gasteiger partial charge in [-0.25, -0.2) is 9.97 Å². The van der Waals surface area contributed by atoms with Crippen LogP contribution in [0.1, 0.15) is 0 Å². The van der Waals surface area contributed by atoms with E-state index in [4.69, 9.17) is 51.1 Å². The average Bonchev–Trinajstić information content (AvgIpc) is 3.11. The smallest absolute Gasteiger partial charge is 0 e. The molecule has 0 saturated heterocycles. The molecule has 0 N–H and O–H groups in total. The first-order valence-electron chi connectivity index (χ1n) is 10.1. The zero-order chi connectivity index (χ0) is 33.0. The molecule has 0 spiro atoms. The second-order valence-corrected chi connectivity index (χ2v) is 6.49. The molecule has 2 aromatic carbocycles. The van der Waals surface area contributed by atoms with E-state index in [1.165, 1.54) is 0 Å². The van der Waals surface area contributed by atoms with Gasteiger partial charge in [-0.05, 0) is 48.5 Å². The van der Waals surface area contributed by atoms with Gasteiger partial charge in [0.15, 0.2) is 11.6 Å². The van der Waals surface area contributed by atoms with E-state index in [0.717, 1.165) is 0 Å². The summed E-state index contributed by atoms with van der Waals surface area (Å²) in [7, 11) is 0. The Morgan fingerprint density at radius 3 is 0.932 bits per heavy atom. The molecule has 222 valence electrons. The molecular weight excluding hydrogens is 960 g/mol. The largest absolute Gasteiger partial charge is 0 e. The monoisotopic (exact) mass is 976 g/mol.